The van der Waals surface area contributed by atoms with E-state index >= 15 is 0 Å². The first kappa shape index (κ1) is 23.5. The molecule has 10 heteroatoms. The second-order valence-corrected chi connectivity index (χ2v) is 6.61. The van der Waals surface area contributed by atoms with E-state index in [0.29, 0.717) is 11.1 Å². The van der Waals surface area contributed by atoms with Crippen molar-refractivity contribution in [3.8, 4) is 0 Å². The second kappa shape index (κ2) is 10.8. The van der Waals surface area contributed by atoms with Gasteiger partial charge in [-0.1, -0.05) is 24.3 Å². The maximum atomic E-state index is 13.1. The van der Waals surface area contributed by atoms with Crippen LogP contribution in [0.15, 0.2) is 48.5 Å². The third-order valence-electron chi connectivity index (χ3n) is 4.60. The number of amides is 1. The number of halogens is 1. The smallest absolute Gasteiger partial charge is 0.329 e. The van der Waals surface area contributed by atoms with Crippen LogP contribution < -0.4 is 5.32 Å². The average Bonchev–Trinajstić information content (AvgIpc) is 2.77. The third kappa shape index (κ3) is 6.59. The number of carbonyl (C=O) groups is 3. The number of methoxy groups -OCH3 is 2. The second-order valence-electron chi connectivity index (χ2n) is 6.61. The number of nitro groups is 1. The number of nitrogens with one attached hydrogen (secondary N) is 1. The lowest BCUT2D eigenvalue weighted by Gasteiger charge is -2.26. The summed E-state index contributed by atoms with van der Waals surface area (Å²) >= 11 is 0. The van der Waals surface area contributed by atoms with Gasteiger partial charge in [0.1, 0.15) is 11.9 Å². The zero-order chi connectivity index (χ0) is 23.0. The number of rotatable bonds is 9. The summed E-state index contributed by atoms with van der Waals surface area (Å²) in [7, 11) is 2.31. The SMILES string of the molecule is COC(=O)C[C@@H](c1ccc([N+](=O)[O-])cc1)[C@H](NC(=O)Cc1ccc(F)cc1)C(=O)OC. The summed E-state index contributed by atoms with van der Waals surface area (Å²) in [5, 5.41) is 13.5. The van der Waals surface area contributed by atoms with Crippen LogP contribution in [0.1, 0.15) is 23.5 Å². The maximum absolute atomic E-state index is 13.1. The molecule has 0 heterocycles. The number of non-ortho nitro benzene ring substituents is 1. The van der Waals surface area contributed by atoms with Crippen LogP contribution in [0.25, 0.3) is 0 Å². The number of ether oxygens (including phenoxy) is 2. The van der Waals surface area contributed by atoms with Crippen molar-refractivity contribution in [2.24, 2.45) is 0 Å². The van der Waals surface area contributed by atoms with Gasteiger partial charge in [0, 0.05) is 18.1 Å². The van der Waals surface area contributed by atoms with Crippen LogP contribution in [0.4, 0.5) is 10.1 Å². The molecule has 9 nitrogen and oxygen atoms in total. The maximum Gasteiger partial charge on any atom is 0.329 e. The molecule has 164 valence electrons. The van der Waals surface area contributed by atoms with Gasteiger partial charge in [0.05, 0.1) is 32.0 Å². The lowest BCUT2D eigenvalue weighted by Crippen LogP contribution is -2.46. The summed E-state index contributed by atoms with van der Waals surface area (Å²) < 4.78 is 22.6. The normalized spacial score (nSPS) is 12.4. The van der Waals surface area contributed by atoms with Crippen LogP contribution in [0.5, 0.6) is 0 Å². The molecule has 0 saturated carbocycles. The first-order valence-electron chi connectivity index (χ1n) is 9.18. The van der Waals surface area contributed by atoms with E-state index in [1.54, 1.807) is 0 Å². The van der Waals surface area contributed by atoms with Gasteiger partial charge in [-0.05, 0) is 23.3 Å². The Morgan fingerprint density at radius 2 is 1.65 bits per heavy atom. The predicted molar refractivity (Wildman–Crippen MR) is 107 cm³/mol. The number of nitrogens with zero attached hydrogens (tertiary/aromatic N) is 1. The Bertz CT molecular complexity index is 945. The highest BCUT2D eigenvalue weighted by atomic mass is 19.1. The van der Waals surface area contributed by atoms with E-state index in [9.17, 15) is 28.9 Å². The molecule has 0 bridgehead atoms. The van der Waals surface area contributed by atoms with Crippen molar-refractivity contribution in [3.63, 3.8) is 0 Å². The molecule has 31 heavy (non-hydrogen) atoms. The molecule has 1 N–H and O–H groups in total. The standard InChI is InChI=1S/C21H21FN2O7/c1-30-19(26)12-17(14-5-9-16(10-6-14)24(28)29)20(21(27)31-2)23-18(25)11-13-3-7-15(22)8-4-13/h3-10,17,20H,11-12H2,1-2H3,(H,23,25)/t17-,20-/m0/s1. The fraction of sp³-hybridized carbons (Fsp3) is 0.286. The molecule has 0 aromatic heterocycles. The van der Waals surface area contributed by atoms with Gasteiger partial charge < -0.3 is 14.8 Å². The van der Waals surface area contributed by atoms with Crippen LogP contribution in [0.3, 0.4) is 0 Å². The zero-order valence-electron chi connectivity index (χ0n) is 16.9. The fourth-order valence-corrected chi connectivity index (χ4v) is 3.00. The predicted octanol–water partition coefficient (Wildman–Crippen LogP) is 2.28. The molecular formula is C21H21FN2O7. The molecule has 0 saturated heterocycles. The summed E-state index contributed by atoms with van der Waals surface area (Å²) in [5.41, 5.74) is 0.742. The third-order valence-corrected chi connectivity index (χ3v) is 4.60. The molecule has 0 unspecified atom stereocenters. The van der Waals surface area contributed by atoms with Gasteiger partial charge >= 0.3 is 11.9 Å². The van der Waals surface area contributed by atoms with Crippen LogP contribution in [-0.2, 0) is 30.3 Å². The van der Waals surface area contributed by atoms with Crippen molar-refractivity contribution in [1.29, 1.82) is 0 Å². The number of carbonyl (C=O) groups excluding carboxylic acids is 3. The number of esters is 2. The number of hydrogen-bond acceptors (Lipinski definition) is 7. The summed E-state index contributed by atoms with van der Waals surface area (Å²) in [6, 6.07) is 9.27. The highest BCUT2D eigenvalue weighted by Crippen LogP contribution is 2.27. The van der Waals surface area contributed by atoms with Crippen molar-refractivity contribution in [2.75, 3.05) is 14.2 Å². The van der Waals surface area contributed by atoms with Crippen molar-refractivity contribution < 1.29 is 33.2 Å². The largest absolute Gasteiger partial charge is 0.469 e. The van der Waals surface area contributed by atoms with Gasteiger partial charge in [0.15, 0.2) is 0 Å². The molecule has 0 aliphatic rings. The van der Waals surface area contributed by atoms with E-state index in [0.717, 1.165) is 7.11 Å². The van der Waals surface area contributed by atoms with Crippen LogP contribution in [0.2, 0.25) is 0 Å². The minimum atomic E-state index is -1.27. The van der Waals surface area contributed by atoms with Gasteiger partial charge in [0.2, 0.25) is 5.91 Å². The first-order chi connectivity index (χ1) is 14.7. The van der Waals surface area contributed by atoms with Gasteiger partial charge in [-0.25, -0.2) is 9.18 Å². The molecule has 0 fully saturated rings. The topological polar surface area (TPSA) is 125 Å². The molecular weight excluding hydrogens is 411 g/mol. The van der Waals surface area contributed by atoms with Crippen molar-refractivity contribution in [1.82, 2.24) is 5.32 Å². The van der Waals surface area contributed by atoms with Crippen LogP contribution >= 0.6 is 0 Å². The number of nitro benzene ring substituents is 1. The van der Waals surface area contributed by atoms with Crippen molar-refractivity contribution in [2.45, 2.75) is 24.8 Å². The Morgan fingerprint density at radius 3 is 2.16 bits per heavy atom. The minimum Gasteiger partial charge on any atom is -0.469 e. The molecule has 2 aromatic rings. The highest BCUT2D eigenvalue weighted by molar-refractivity contribution is 5.87. The molecule has 0 spiro atoms. The van der Waals surface area contributed by atoms with E-state index in [1.807, 2.05) is 0 Å². The molecule has 0 aliphatic heterocycles. The van der Waals surface area contributed by atoms with E-state index < -0.39 is 40.5 Å². The van der Waals surface area contributed by atoms with Gasteiger partial charge in [-0.2, -0.15) is 0 Å². The lowest BCUT2D eigenvalue weighted by atomic mass is 9.88. The van der Waals surface area contributed by atoms with Crippen LogP contribution in [0, 0.1) is 15.9 Å². The summed E-state index contributed by atoms with van der Waals surface area (Å²) in [5.74, 6) is -3.37. The van der Waals surface area contributed by atoms with Gasteiger partial charge in [0.25, 0.3) is 5.69 Å². The number of benzene rings is 2. The Kier molecular flexibility index (Phi) is 8.18. The van der Waals surface area contributed by atoms with Gasteiger partial charge in [-0.3, -0.25) is 19.7 Å². The molecule has 1 amide bonds. The zero-order valence-corrected chi connectivity index (χ0v) is 16.9. The first-order valence-corrected chi connectivity index (χ1v) is 9.18. The molecule has 2 aromatic carbocycles. The Labute approximate surface area is 177 Å². The van der Waals surface area contributed by atoms with Crippen molar-refractivity contribution in [3.05, 3.63) is 75.6 Å². The van der Waals surface area contributed by atoms with Crippen LogP contribution in [-0.4, -0.2) is 43.0 Å². The monoisotopic (exact) mass is 432 g/mol. The quantitative estimate of drug-likeness (QED) is 0.366. The van der Waals surface area contributed by atoms with E-state index in [1.165, 1.54) is 55.6 Å². The fourth-order valence-electron chi connectivity index (χ4n) is 3.00. The highest BCUT2D eigenvalue weighted by Gasteiger charge is 2.34. The molecule has 2 rings (SSSR count). The summed E-state index contributed by atoms with van der Waals surface area (Å²) in [6.07, 6.45) is -0.427. The average molecular weight is 432 g/mol. The molecule has 0 radical (unpaired) electrons. The number of hydrogen-bond donors (Lipinski definition) is 1. The van der Waals surface area contributed by atoms with E-state index in [-0.39, 0.29) is 18.5 Å². The Hall–Kier alpha value is -3.82. The van der Waals surface area contributed by atoms with E-state index in [4.69, 9.17) is 9.47 Å². The molecule has 0 aliphatic carbocycles. The lowest BCUT2D eigenvalue weighted by molar-refractivity contribution is -0.384. The van der Waals surface area contributed by atoms with E-state index in [2.05, 4.69) is 5.32 Å². The molecule has 2 atom stereocenters. The Morgan fingerprint density at radius 1 is 1.03 bits per heavy atom. The Balaban J connectivity index is 2.32. The summed E-state index contributed by atoms with van der Waals surface area (Å²) in [4.78, 5) is 47.3. The van der Waals surface area contributed by atoms with Crippen molar-refractivity contribution >= 4 is 23.5 Å². The minimum absolute atomic E-state index is 0.140. The van der Waals surface area contributed by atoms with Gasteiger partial charge in [-0.15, -0.1) is 0 Å². The summed E-state index contributed by atoms with van der Waals surface area (Å²) in [6.45, 7) is 0.